The van der Waals surface area contributed by atoms with Crippen molar-refractivity contribution in [1.29, 1.82) is 0 Å². The molecule has 0 aliphatic heterocycles. The van der Waals surface area contributed by atoms with Gasteiger partial charge in [0.1, 0.15) is 6.61 Å². The maximum absolute atomic E-state index is 12.2. The molecule has 0 aliphatic rings. The zero-order valence-electron chi connectivity index (χ0n) is 17.0. The molecule has 0 fully saturated rings. The molecule has 158 valence electrons. The number of hydrogen-bond acceptors (Lipinski definition) is 6. The summed E-state index contributed by atoms with van der Waals surface area (Å²) in [5.41, 5.74) is 0.614. The van der Waals surface area contributed by atoms with Gasteiger partial charge < -0.3 is 14.2 Å². The van der Waals surface area contributed by atoms with Crippen molar-refractivity contribution < 1.29 is 27.4 Å². The minimum atomic E-state index is -3.52. The van der Waals surface area contributed by atoms with E-state index in [0.29, 0.717) is 36.7 Å². The minimum Gasteiger partial charge on any atom is -0.490 e. The average molecular weight is 422 g/mol. The van der Waals surface area contributed by atoms with Gasteiger partial charge in [0.15, 0.2) is 11.5 Å². The quantitative estimate of drug-likeness (QED) is 0.409. The second-order valence-electron chi connectivity index (χ2n) is 6.43. The van der Waals surface area contributed by atoms with Gasteiger partial charge >= 0.3 is 5.97 Å². The normalized spacial score (nSPS) is 11.3. The van der Waals surface area contributed by atoms with Crippen LogP contribution in [-0.4, -0.2) is 46.0 Å². The summed E-state index contributed by atoms with van der Waals surface area (Å²) in [6.45, 7) is 2.82. The molecular weight excluding hydrogens is 394 g/mol. The third kappa shape index (κ3) is 6.76. The largest absolute Gasteiger partial charge is 0.490 e. The van der Waals surface area contributed by atoms with Gasteiger partial charge in [-0.25, -0.2) is 12.7 Å². The van der Waals surface area contributed by atoms with Crippen LogP contribution in [0.25, 0.3) is 0 Å². The highest BCUT2D eigenvalue weighted by molar-refractivity contribution is 7.89. The van der Waals surface area contributed by atoms with E-state index >= 15 is 0 Å². The Hall–Kier alpha value is -2.58. The third-order valence-electron chi connectivity index (χ3n) is 4.01. The fourth-order valence-corrected chi connectivity index (χ4v) is 3.46. The van der Waals surface area contributed by atoms with Crippen LogP contribution in [0.15, 0.2) is 53.4 Å². The monoisotopic (exact) mass is 421 g/mol. The molecule has 0 spiro atoms. The van der Waals surface area contributed by atoms with Crippen molar-refractivity contribution in [2.24, 2.45) is 0 Å². The van der Waals surface area contributed by atoms with Gasteiger partial charge in [0.25, 0.3) is 0 Å². The van der Waals surface area contributed by atoms with Gasteiger partial charge in [-0.2, -0.15) is 0 Å². The number of rotatable bonds is 11. The predicted molar refractivity (Wildman–Crippen MR) is 109 cm³/mol. The first-order chi connectivity index (χ1) is 13.8. The summed E-state index contributed by atoms with van der Waals surface area (Å²) in [7, 11) is -0.585. The Balaban J connectivity index is 1.78. The Morgan fingerprint density at radius 2 is 1.69 bits per heavy atom. The molecule has 0 radical (unpaired) electrons. The number of hydrogen-bond donors (Lipinski definition) is 0. The Kier molecular flexibility index (Phi) is 8.48. The molecule has 2 rings (SSSR count). The molecule has 7 nitrogen and oxygen atoms in total. The van der Waals surface area contributed by atoms with Crippen molar-refractivity contribution in [3.05, 3.63) is 54.1 Å². The number of carbonyl (C=O) groups excluding carboxylic acids is 1. The van der Waals surface area contributed by atoms with E-state index in [9.17, 15) is 13.2 Å². The summed E-state index contributed by atoms with van der Waals surface area (Å²) < 4.78 is 41.9. The fraction of sp³-hybridized carbons (Fsp3) is 0.381. The van der Waals surface area contributed by atoms with Crippen LogP contribution < -0.4 is 9.47 Å². The summed E-state index contributed by atoms with van der Waals surface area (Å²) in [6.07, 6.45) is 0.695. The van der Waals surface area contributed by atoms with E-state index in [1.807, 2.05) is 31.2 Å². The van der Waals surface area contributed by atoms with E-state index in [1.165, 1.54) is 26.2 Å². The second-order valence-corrected chi connectivity index (χ2v) is 8.58. The molecular formula is C21H27NO6S. The van der Waals surface area contributed by atoms with E-state index in [2.05, 4.69) is 0 Å². The highest BCUT2D eigenvalue weighted by Crippen LogP contribution is 2.26. The van der Waals surface area contributed by atoms with Crippen molar-refractivity contribution in [2.45, 2.75) is 31.3 Å². The summed E-state index contributed by atoms with van der Waals surface area (Å²) in [4.78, 5) is 12.1. The Morgan fingerprint density at radius 3 is 2.34 bits per heavy atom. The third-order valence-corrected chi connectivity index (χ3v) is 5.82. The molecule has 0 saturated carbocycles. The van der Waals surface area contributed by atoms with Gasteiger partial charge in [-0.05, 0) is 43.2 Å². The Morgan fingerprint density at radius 1 is 1.00 bits per heavy atom. The van der Waals surface area contributed by atoms with Crippen molar-refractivity contribution >= 4 is 16.0 Å². The van der Waals surface area contributed by atoms with Crippen molar-refractivity contribution in [1.82, 2.24) is 4.31 Å². The molecule has 0 aromatic heterocycles. The molecule has 0 unspecified atom stereocenters. The first-order valence-electron chi connectivity index (χ1n) is 9.36. The molecule has 0 amide bonds. The van der Waals surface area contributed by atoms with Crippen LogP contribution in [0.1, 0.15) is 25.3 Å². The molecule has 8 heteroatoms. The summed E-state index contributed by atoms with van der Waals surface area (Å²) in [5, 5.41) is 0. The van der Waals surface area contributed by atoms with Gasteiger partial charge in [-0.1, -0.05) is 24.3 Å². The number of sulfonamides is 1. The number of benzene rings is 2. The molecule has 0 heterocycles. The smallest absolute Gasteiger partial charge is 0.306 e. The van der Waals surface area contributed by atoms with E-state index in [4.69, 9.17) is 14.2 Å². The molecule has 29 heavy (non-hydrogen) atoms. The van der Waals surface area contributed by atoms with Crippen LogP contribution in [-0.2, 0) is 26.2 Å². The zero-order chi connectivity index (χ0) is 21.3. The van der Waals surface area contributed by atoms with Gasteiger partial charge in [0, 0.05) is 20.5 Å². The van der Waals surface area contributed by atoms with Gasteiger partial charge in [0.2, 0.25) is 10.0 Å². The number of esters is 1. The first kappa shape index (κ1) is 22.7. The van der Waals surface area contributed by atoms with Crippen LogP contribution in [0.3, 0.4) is 0 Å². The molecule has 0 aliphatic carbocycles. The van der Waals surface area contributed by atoms with E-state index < -0.39 is 10.0 Å². The SMILES string of the molecule is CCOc1ccccc1OCCCC(=O)OCc1cccc(S(=O)(=O)N(C)C)c1. The van der Waals surface area contributed by atoms with E-state index in [0.717, 1.165) is 4.31 Å². The van der Waals surface area contributed by atoms with Gasteiger partial charge in [0.05, 0.1) is 18.1 Å². The molecule has 0 saturated heterocycles. The van der Waals surface area contributed by atoms with Crippen LogP contribution in [0.4, 0.5) is 0 Å². The molecule has 2 aromatic carbocycles. The minimum absolute atomic E-state index is 0.0175. The van der Waals surface area contributed by atoms with Gasteiger partial charge in [-0.15, -0.1) is 0 Å². The summed E-state index contributed by atoms with van der Waals surface area (Å²) in [6, 6.07) is 13.7. The topological polar surface area (TPSA) is 82.1 Å². The van der Waals surface area contributed by atoms with E-state index in [-0.39, 0.29) is 23.9 Å². The van der Waals surface area contributed by atoms with Crippen molar-refractivity contribution in [3.63, 3.8) is 0 Å². The standard InChI is InChI=1S/C21H27NO6S/c1-4-26-19-11-5-6-12-20(19)27-14-8-13-21(23)28-16-17-9-7-10-18(15-17)29(24,25)22(2)3/h5-7,9-12,15H,4,8,13-14,16H2,1-3H3. The summed E-state index contributed by atoms with van der Waals surface area (Å²) >= 11 is 0. The number of ether oxygens (including phenoxy) is 3. The Bertz CT molecular complexity index is 911. The maximum Gasteiger partial charge on any atom is 0.306 e. The highest BCUT2D eigenvalue weighted by Gasteiger charge is 2.17. The van der Waals surface area contributed by atoms with Crippen LogP contribution in [0, 0.1) is 0 Å². The second kappa shape index (κ2) is 10.8. The highest BCUT2D eigenvalue weighted by atomic mass is 32.2. The van der Waals surface area contributed by atoms with Crippen LogP contribution >= 0.6 is 0 Å². The Labute approximate surface area is 172 Å². The average Bonchev–Trinajstić information content (AvgIpc) is 2.71. The lowest BCUT2D eigenvalue weighted by atomic mass is 10.2. The lowest BCUT2D eigenvalue weighted by molar-refractivity contribution is -0.145. The maximum atomic E-state index is 12.2. The lowest BCUT2D eigenvalue weighted by Gasteiger charge is -2.12. The molecule has 0 bridgehead atoms. The van der Waals surface area contributed by atoms with E-state index in [1.54, 1.807) is 12.1 Å². The molecule has 2 aromatic rings. The molecule has 0 N–H and O–H groups in total. The van der Waals surface area contributed by atoms with Gasteiger partial charge in [-0.3, -0.25) is 4.79 Å². The van der Waals surface area contributed by atoms with Crippen LogP contribution in [0.5, 0.6) is 11.5 Å². The van der Waals surface area contributed by atoms with Crippen molar-refractivity contribution in [3.8, 4) is 11.5 Å². The number of para-hydroxylation sites is 2. The fourth-order valence-electron chi connectivity index (χ4n) is 2.49. The van der Waals surface area contributed by atoms with Crippen LogP contribution in [0.2, 0.25) is 0 Å². The first-order valence-corrected chi connectivity index (χ1v) is 10.8. The zero-order valence-corrected chi connectivity index (χ0v) is 17.8. The number of carbonyl (C=O) groups is 1. The lowest BCUT2D eigenvalue weighted by Crippen LogP contribution is -2.22. The molecule has 0 atom stereocenters. The number of nitrogens with zero attached hydrogens (tertiary/aromatic N) is 1. The predicted octanol–water partition coefficient (Wildman–Crippen LogP) is 3.24. The summed E-state index contributed by atoms with van der Waals surface area (Å²) in [5.74, 6) is 0.944. The van der Waals surface area contributed by atoms with Crippen molar-refractivity contribution in [2.75, 3.05) is 27.3 Å².